The summed E-state index contributed by atoms with van der Waals surface area (Å²) in [5.74, 6) is -1.01. The van der Waals surface area contributed by atoms with Crippen LogP contribution in [0.1, 0.15) is 30.4 Å². The molecule has 170 valence electrons. The molecule has 0 saturated carbocycles. The fourth-order valence-electron chi connectivity index (χ4n) is 3.88. The van der Waals surface area contributed by atoms with Crippen molar-refractivity contribution >= 4 is 29.7 Å². The van der Waals surface area contributed by atoms with Gasteiger partial charge < -0.3 is 20.1 Å². The first kappa shape index (κ1) is 23.7. The Morgan fingerprint density at radius 2 is 1.66 bits per heavy atom. The summed E-state index contributed by atoms with van der Waals surface area (Å²) in [6.45, 7) is 1.57. The molecule has 1 aliphatic carbocycles. The largest absolute Gasteiger partial charge is 0.480 e. The number of hydrogen-bond acceptors (Lipinski definition) is 5. The van der Waals surface area contributed by atoms with Gasteiger partial charge in [0.25, 0.3) is 0 Å². The van der Waals surface area contributed by atoms with Crippen LogP contribution in [0.5, 0.6) is 0 Å². The zero-order valence-corrected chi connectivity index (χ0v) is 19.2. The van der Waals surface area contributed by atoms with Crippen molar-refractivity contribution in [3.05, 3.63) is 59.7 Å². The number of aliphatic carboxylic acids is 1. The highest BCUT2D eigenvalue weighted by atomic mass is 32.2. The van der Waals surface area contributed by atoms with Gasteiger partial charge in [-0.25, -0.2) is 9.59 Å². The zero-order valence-electron chi connectivity index (χ0n) is 18.4. The van der Waals surface area contributed by atoms with Gasteiger partial charge in [0.05, 0.1) is 0 Å². The molecule has 0 heterocycles. The molecule has 2 aromatic carbocycles. The van der Waals surface area contributed by atoms with Gasteiger partial charge in [0.2, 0.25) is 5.91 Å². The molecular formula is C24H28N2O5S. The van der Waals surface area contributed by atoms with Gasteiger partial charge in [-0.3, -0.25) is 4.79 Å². The molecule has 2 amide bonds. The fraction of sp³-hybridized carbons (Fsp3) is 0.375. The number of carboxylic acids is 1. The van der Waals surface area contributed by atoms with Gasteiger partial charge in [-0.05, 0) is 47.6 Å². The second-order valence-electron chi connectivity index (χ2n) is 7.77. The van der Waals surface area contributed by atoms with Crippen LogP contribution in [-0.2, 0) is 14.3 Å². The summed E-state index contributed by atoms with van der Waals surface area (Å²) in [5.41, 5.74) is 4.47. The van der Waals surface area contributed by atoms with Crippen molar-refractivity contribution in [2.45, 2.75) is 31.3 Å². The molecule has 2 atom stereocenters. The van der Waals surface area contributed by atoms with E-state index in [1.165, 1.54) is 14.0 Å². The maximum Gasteiger partial charge on any atom is 0.407 e. The summed E-state index contributed by atoms with van der Waals surface area (Å²) in [4.78, 5) is 37.8. The Kier molecular flexibility index (Phi) is 7.80. The quantitative estimate of drug-likeness (QED) is 0.599. The van der Waals surface area contributed by atoms with Crippen LogP contribution in [0.15, 0.2) is 48.5 Å². The van der Waals surface area contributed by atoms with Crippen LogP contribution >= 0.6 is 11.8 Å². The van der Waals surface area contributed by atoms with Crippen molar-refractivity contribution in [1.82, 2.24) is 10.2 Å². The summed E-state index contributed by atoms with van der Waals surface area (Å²) < 4.78 is 5.54. The lowest BCUT2D eigenvalue weighted by atomic mass is 9.98. The van der Waals surface area contributed by atoms with Gasteiger partial charge in [0, 0.05) is 13.0 Å². The van der Waals surface area contributed by atoms with Crippen molar-refractivity contribution in [2.24, 2.45) is 0 Å². The number of nitrogens with one attached hydrogen (secondary N) is 1. The number of hydrogen-bond donors (Lipinski definition) is 2. The Morgan fingerprint density at radius 1 is 1.09 bits per heavy atom. The molecule has 8 heteroatoms. The summed E-state index contributed by atoms with van der Waals surface area (Å²) in [7, 11) is 1.42. The van der Waals surface area contributed by atoms with E-state index in [-0.39, 0.29) is 12.5 Å². The number of benzene rings is 2. The van der Waals surface area contributed by atoms with Crippen molar-refractivity contribution in [2.75, 3.05) is 25.7 Å². The minimum atomic E-state index is -1.11. The molecule has 0 bridgehead atoms. The topological polar surface area (TPSA) is 95.9 Å². The monoisotopic (exact) mass is 456 g/mol. The third-order valence-corrected chi connectivity index (χ3v) is 6.47. The number of alkyl carbamates (subject to hydrolysis) is 1. The Hall–Kier alpha value is -3.00. The Labute approximate surface area is 192 Å². The lowest BCUT2D eigenvalue weighted by molar-refractivity contribution is -0.149. The molecule has 0 aliphatic heterocycles. The molecule has 0 radical (unpaired) electrons. The van der Waals surface area contributed by atoms with Crippen LogP contribution in [0.3, 0.4) is 0 Å². The lowest BCUT2D eigenvalue weighted by Gasteiger charge is -2.27. The predicted octanol–water partition coefficient (Wildman–Crippen LogP) is 3.58. The smallest absolute Gasteiger partial charge is 0.407 e. The van der Waals surface area contributed by atoms with Gasteiger partial charge in [0.15, 0.2) is 0 Å². The van der Waals surface area contributed by atoms with Crippen LogP contribution in [-0.4, -0.2) is 65.7 Å². The number of amides is 2. The molecule has 1 unspecified atom stereocenters. The summed E-state index contributed by atoms with van der Waals surface area (Å²) in [6, 6.07) is 14.2. The second kappa shape index (κ2) is 10.5. The molecule has 0 spiro atoms. The number of carbonyl (C=O) groups excluding carboxylic acids is 2. The molecule has 2 N–H and O–H groups in total. The normalized spacial score (nSPS) is 14.1. The Morgan fingerprint density at radius 3 is 2.19 bits per heavy atom. The zero-order chi connectivity index (χ0) is 23.3. The van der Waals surface area contributed by atoms with Crippen LogP contribution < -0.4 is 5.32 Å². The van der Waals surface area contributed by atoms with Gasteiger partial charge in [0.1, 0.15) is 18.7 Å². The number of carbonyl (C=O) groups is 3. The predicted molar refractivity (Wildman–Crippen MR) is 125 cm³/mol. The Bertz CT molecular complexity index is 950. The van der Waals surface area contributed by atoms with E-state index in [1.54, 1.807) is 11.8 Å². The summed E-state index contributed by atoms with van der Waals surface area (Å²) in [6.07, 6.45) is 1.59. The fourth-order valence-corrected chi connectivity index (χ4v) is 4.35. The molecule has 0 aromatic heterocycles. The van der Waals surface area contributed by atoms with Gasteiger partial charge in [-0.15, -0.1) is 0 Å². The van der Waals surface area contributed by atoms with Gasteiger partial charge >= 0.3 is 12.1 Å². The van der Waals surface area contributed by atoms with Crippen LogP contribution in [0.4, 0.5) is 4.79 Å². The summed E-state index contributed by atoms with van der Waals surface area (Å²) in [5, 5.41) is 11.8. The molecule has 0 saturated heterocycles. The highest BCUT2D eigenvalue weighted by Gasteiger charge is 2.31. The third-order valence-electron chi connectivity index (χ3n) is 5.83. The first-order valence-electron chi connectivity index (χ1n) is 10.4. The molecule has 32 heavy (non-hydrogen) atoms. The van der Waals surface area contributed by atoms with E-state index >= 15 is 0 Å². The molecule has 2 aromatic rings. The number of ether oxygens (including phenoxy) is 1. The van der Waals surface area contributed by atoms with E-state index in [9.17, 15) is 19.5 Å². The van der Waals surface area contributed by atoms with Crippen LogP contribution in [0, 0.1) is 0 Å². The van der Waals surface area contributed by atoms with Crippen molar-refractivity contribution in [3.63, 3.8) is 0 Å². The standard InChI is InChI=1S/C24H28N2O5S/c1-15(23(28)29)26(2)22(27)21(12-13-32-3)25-24(30)31-14-20-18-10-6-4-8-16(18)17-9-5-7-11-19(17)20/h4-11,15,20-21H,12-14H2,1-3H3,(H,25,30)(H,28,29)/t15?,21-/m0/s1. The average Bonchev–Trinajstić information content (AvgIpc) is 3.12. The molecule has 0 fully saturated rings. The van der Waals surface area contributed by atoms with Crippen molar-refractivity contribution in [3.8, 4) is 11.1 Å². The first-order chi connectivity index (χ1) is 15.3. The van der Waals surface area contributed by atoms with Crippen LogP contribution in [0.25, 0.3) is 11.1 Å². The number of nitrogens with zero attached hydrogens (tertiary/aromatic N) is 1. The summed E-state index contributed by atoms with van der Waals surface area (Å²) >= 11 is 1.54. The van der Waals surface area contributed by atoms with E-state index in [2.05, 4.69) is 17.4 Å². The van der Waals surface area contributed by atoms with Crippen LogP contribution in [0.2, 0.25) is 0 Å². The molecule has 3 rings (SSSR count). The average molecular weight is 457 g/mol. The van der Waals surface area contributed by atoms with Gasteiger partial charge in [-0.1, -0.05) is 48.5 Å². The molecule has 1 aliphatic rings. The highest BCUT2D eigenvalue weighted by molar-refractivity contribution is 7.98. The minimum Gasteiger partial charge on any atom is -0.480 e. The van der Waals surface area contributed by atoms with E-state index < -0.39 is 30.1 Å². The lowest BCUT2D eigenvalue weighted by Crippen LogP contribution is -2.51. The SMILES string of the molecule is CSCC[C@H](NC(=O)OCC1c2ccccc2-c2ccccc21)C(=O)N(C)C(C)C(=O)O. The maximum atomic E-state index is 12.8. The van der Waals surface area contributed by atoms with Crippen molar-refractivity contribution < 1.29 is 24.2 Å². The highest BCUT2D eigenvalue weighted by Crippen LogP contribution is 2.44. The third kappa shape index (κ3) is 5.07. The number of fused-ring (bicyclic) bond motifs is 3. The number of rotatable bonds is 9. The number of carboxylic acid groups (broad SMARTS) is 1. The van der Waals surface area contributed by atoms with E-state index in [1.807, 2.05) is 42.7 Å². The Balaban J connectivity index is 1.68. The van der Waals surface area contributed by atoms with E-state index in [4.69, 9.17) is 4.74 Å². The maximum absolute atomic E-state index is 12.8. The van der Waals surface area contributed by atoms with Crippen molar-refractivity contribution in [1.29, 1.82) is 0 Å². The van der Waals surface area contributed by atoms with Gasteiger partial charge in [-0.2, -0.15) is 11.8 Å². The second-order valence-corrected chi connectivity index (χ2v) is 8.75. The van der Waals surface area contributed by atoms with E-state index in [0.29, 0.717) is 12.2 Å². The number of thioether (sulfide) groups is 1. The molecule has 7 nitrogen and oxygen atoms in total. The number of likely N-dealkylation sites (N-methyl/N-ethyl adjacent to an activating group) is 1. The van der Waals surface area contributed by atoms with E-state index in [0.717, 1.165) is 27.2 Å². The minimum absolute atomic E-state index is 0.0804. The first-order valence-corrected chi connectivity index (χ1v) is 11.8. The molecular weight excluding hydrogens is 428 g/mol.